The molecule has 1 aliphatic carbocycles. The molecule has 9 heteroatoms. The van der Waals surface area contributed by atoms with E-state index in [2.05, 4.69) is 20.7 Å². The lowest BCUT2D eigenvalue weighted by Gasteiger charge is -2.22. The molecule has 8 nitrogen and oxygen atoms in total. The fourth-order valence-corrected chi connectivity index (χ4v) is 3.75. The number of nitrogens with zero attached hydrogens (tertiary/aromatic N) is 3. The van der Waals surface area contributed by atoms with E-state index in [9.17, 15) is 4.79 Å². The molecule has 0 unspecified atom stereocenters. The van der Waals surface area contributed by atoms with Crippen LogP contribution in [0.5, 0.6) is 0 Å². The summed E-state index contributed by atoms with van der Waals surface area (Å²) in [6.07, 6.45) is 4.71. The van der Waals surface area contributed by atoms with E-state index < -0.39 is 11.7 Å². The number of anilines is 3. The maximum atomic E-state index is 12.1. The molecular formula is C22H25ClN6O2. The minimum absolute atomic E-state index is 0.0697. The van der Waals surface area contributed by atoms with E-state index >= 15 is 0 Å². The smallest absolute Gasteiger partial charge is 0.408 e. The molecule has 1 atom stereocenters. The third-order valence-corrected chi connectivity index (χ3v) is 5.22. The second-order valence-electron chi connectivity index (χ2n) is 8.45. The summed E-state index contributed by atoms with van der Waals surface area (Å²) in [5, 5.41) is 10.8. The number of nitrogen functional groups attached to an aromatic ring is 1. The highest BCUT2D eigenvalue weighted by atomic mass is 35.5. The number of pyridine rings is 1. The highest BCUT2D eigenvalue weighted by Crippen LogP contribution is 2.35. The number of aryl methyl sites for hydroxylation is 1. The topological polar surface area (TPSA) is 107 Å². The minimum atomic E-state index is -0.530. The van der Waals surface area contributed by atoms with Crippen LogP contribution in [0.25, 0.3) is 5.82 Å². The lowest BCUT2D eigenvalue weighted by atomic mass is 10.1. The summed E-state index contributed by atoms with van der Waals surface area (Å²) in [6, 6.07) is 9.39. The Kier molecular flexibility index (Phi) is 5.49. The van der Waals surface area contributed by atoms with Crippen molar-refractivity contribution in [2.45, 2.75) is 45.3 Å². The molecule has 3 aromatic rings. The van der Waals surface area contributed by atoms with Gasteiger partial charge in [0.1, 0.15) is 5.60 Å². The standard InChI is InChI=1S/C22H25ClN6O2/c1-22(2,3)31-21(30)27-17-8-5-13-11-14(6-7-15(13)17)26-20-19(24)16(23)12-18(28-20)29-10-4-9-25-29/h4,6-7,9-12,17H,5,8,24H2,1-3H3,(H,26,28)(H,27,30)/t17-/m0/s1. The highest BCUT2D eigenvalue weighted by molar-refractivity contribution is 6.33. The molecule has 1 aliphatic rings. The molecule has 0 saturated carbocycles. The van der Waals surface area contributed by atoms with E-state index in [0.29, 0.717) is 22.3 Å². The van der Waals surface area contributed by atoms with Crippen molar-refractivity contribution in [1.29, 1.82) is 0 Å². The summed E-state index contributed by atoms with van der Waals surface area (Å²) < 4.78 is 7.00. The molecule has 1 aromatic carbocycles. The van der Waals surface area contributed by atoms with Crippen molar-refractivity contribution in [2.75, 3.05) is 11.1 Å². The molecule has 1 amide bonds. The number of ether oxygens (including phenoxy) is 1. The molecule has 0 fully saturated rings. The Labute approximate surface area is 185 Å². The quantitative estimate of drug-likeness (QED) is 0.540. The van der Waals surface area contributed by atoms with Gasteiger partial charge in [-0.15, -0.1) is 0 Å². The maximum Gasteiger partial charge on any atom is 0.408 e. The Hall–Kier alpha value is -3.26. The number of nitrogens with one attached hydrogen (secondary N) is 2. The third-order valence-electron chi connectivity index (χ3n) is 4.91. The second kappa shape index (κ2) is 8.11. The summed E-state index contributed by atoms with van der Waals surface area (Å²) in [5.74, 6) is 1.02. The van der Waals surface area contributed by atoms with Gasteiger partial charge in [-0.25, -0.2) is 14.5 Å². The fraction of sp³-hybridized carbons (Fsp3) is 0.318. The van der Waals surface area contributed by atoms with Gasteiger partial charge in [-0.2, -0.15) is 5.10 Å². The van der Waals surface area contributed by atoms with Crippen LogP contribution < -0.4 is 16.4 Å². The van der Waals surface area contributed by atoms with Gasteiger partial charge in [-0.3, -0.25) is 0 Å². The van der Waals surface area contributed by atoms with Crippen LogP contribution >= 0.6 is 11.6 Å². The summed E-state index contributed by atoms with van der Waals surface area (Å²) in [4.78, 5) is 16.7. The number of hydrogen-bond acceptors (Lipinski definition) is 6. The van der Waals surface area contributed by atoms with Gasteiger partial charge in [0.2, 0.25) is 0 Å². The van der Waals surface area contributed by atoms with E-state index in [1.54, 1.807) is 29.2 Å². The number of carbonyl (C=O) groups excluding carboxylic acids is 1. The van der Waals surface area contributed by atoms with Gasteiger partial charge in [0.15, 0.2) is 11.6 Å². The normalized spacial score (nSPS) is 15.4. The van der Waals surface area contributed by atoms with E-state index in [-0.39, 0.29) is 6.04 Å². The Morgan fingerprint density at radius 3 is 2.84 bits per heavy atom. The summed E-state index contributed by atoms with van der Waals surface area (Å²) in [6.45, 7) is 5.54. The predicted octanol–water partition coefficient (Wildman–Crippen LogP) is 4.76. The van der Waals surface area contributed by atoms with Crippen molar-refractivity contribution in [1.82, 2.24) is 20.1 Å². The number of aromatic nitrogens is 3. The number of nitrogens with two attached hydrogens (primary N) is 1. The monoisotopic (exact) mass is 440 g/mol. The van der Waals surface area contributed by atoms with E-state index in [1.807, 2.05) is 39.0 Å². The lowest BCUT2D eigenvalue weighted by molar-refractivity contribution is 0.0503. The number of amides is 1. The Balaban J connectivity index is 1.53. The van der Waals surface area contributed by atoms with Crippen molar-refractivity contribution in [3.8, 4) is 5.82 Å². The first-order chi connectivity index (χ1) is 14.7. The van der Waals surface area contributed by atoms with Gasteiger partial charge in [0.25, 0.3) is 0 Å². The maximum absolute atomic E-state index is 12.1. The van der Waals surface area contributed by atoms with Gasteiger partial charge in [0, 0.05) is 24.1 Å². The molecule has 4 N–H and O–H groups in total. The highest BCUT2D eigenvalue weighted by Gasteiger charge is 2.26. The van der Waals surface area contributed by atoms with Crippen LogP contribution in [0.2, 0.25) is 5.02 Å². The van der Waals surface area contributed by atoms with Crippen LogP contribution in [-0.2, 0) is 11.2 Å². The van der Waals surface area contributed by atoms with Crippen LogP contribution in [0.15, 0.2) is 42.7 Å². The van der Waals surface area contributed by atoms with Gasteiger partial charge in [0.05, 0.1) is 16.8 Å². The number of fused-ring (bicyclic) bond motifs is 1. The first-order valence-corrected chi connectivity index (χ1v) is 10.4. The van der Waals surface area contributed by atoms with Gasteiger partial charge < -0.3 is 21.1 Å². The first-order valence-electron chi connectivity index (χ1n) is 10.0. The van der Waals surface area contributed by atoms with Crippen LogP contribution in [0.1, 0.15) is 44.4 Å². The molecule has 0 spiro atoms. The summed E-state index contributed by atoms with van der Waals surface area (Å²) >= 11 is 6.31. The molecule has 0 radical (unpaired) electrons. The van der Waals surface area contributed by atoms with Crippen LogP contribution in [0, 0.1) is 0 Å². The van der Waals surface area contributed by atoms with Crippen molar-refractivity contribution >= 4 is 34.9 Å². The average molecular weight is 441 g/mol. The van der Waals surface area contributed by atoms with E-state index in [0.717, 1.165) is 29.7 Å². The molecule has 162 valence electrons. The van der Waals surface area contributed by atoms with Crippen LogP contribution in [0.3, 0.4) is 0 Å². The number of alkyl carbamates (subject to hydrolysis) is 1. The van der Waals surface area contributed by atoms with Crippen molar-refractivity contribution < 1.29 is 9.53 Å². The van der Waals surface area contributed by atoms with Gasteiger partial charge in [-0.05, 0) is 62.9 Å². The number of carbonyl (C=O) groups is 1. The summed E-state index contributed by atoms with van der Waals surface area (Å²) in [7, 11) is 0. The van der Waals surface area contributed by atoms with E-state index in [1.165, 1.54) is 0 Å². The van der Waals surface area contributed by atoms with E-state index in [4.69, 9.17) is 22.1 Å². The molecular weight excluding hydrogens is 416 g/mol. The molecule has 0 bridgehead atoms. The molecule has 4 rings (SSSR count). The molecule has 0 saturated heterocycles. The molecule has 2 heterocycles. The molecule has 31 heavy (non-hydrogen) atoms. The lowest BCUT2D eigenvalue weighted by Crippen LogP contribution is -2.34. The minimum Gasteiger partial charge on any atom is -0.444 e. The number of halogens is 1. The summed E-state index contributed by atoms with van der Waals surface area (Å²) in [5.41, 5.74) is 9.05. The third kappa shape index (κ3) is 4.74. The Morgan fingerprint density at radius 1 is 1.32 bits per heavy atom. The zero-order valence-electron chi connectivity index (χ0n) is 17.6. The largest absolute Gasteiger partial charge is 0.444 e. The zero-order valence-corrected chi connectivity index (χ0v) is 18.4. The molecule has 0 aliphatic heterocycles. The van der Waals surface area contributed by atoms with Gasteiger partial charge >= 0.3 is 6.09 Å². The SMILES string of the molecule is CC(C)(C)OC(=O)N[C@H]1CCc2cc(Nc3nc(-n4cccn4)cc(Cl)c3N)ccc21. The zero-order chi connectivity index (χ0) is 22.2. The Morgan fingerprint density at radius 2 is 2.13 bits per heavy atom. The van der Waals surface area contributed by atoms with Gasteiger partial charge in [-0.1, -0.05) is 17.7 Å². The predicted molar refractivity (Wildman–Crippen MR) is 121 cm³/mol. The second-order valence-corrected chi connectivity index (χ2v) is 8.86. The number of hydrogen-bond donors (Lipinski definition) is 3. The molecule has 2 aromatic heterocycles. The fourth-order valence-electron chi connectivity index (χ4n) is 3.56. The number of rotatable bonds is 4. The first kappa shape index (κ1) is 21.0. The van der Waals surface area contributed by atoms with Crippen LogP contribution in [-0.4, -0.2) is 26.5 Å². The van der Waals surface area contributed by atoms with Crippen LogP contribution in [0.4, 0.5) is 22.0 Å². The van der Waals surface area contributed by atoms with Crippen molar-refractivity contribution in [3.05, 3.63) is 58.9 Å². The average Bonchev–Trinajstić information content (AvgIpc) is 3.34. The Bertz CT molecular complexity index is 1110. The van der Waals surface area contributed by atoms with Crippen molar-refractivity contribution in [3.63, 3.8) is 0 Å². The number of benzene rings is 1. The van der Waals surface area contributed by atoms with Crippen molar-refractivity contribution in [2.24, 2.45) is 0 Å².